The Morgan fingerprint density at radius 3 is 2.16 bits per heavy atom. The van der Waals surface area contributed by atoms with E-state index in [4.69, 9.17) is 14.2 Å². The number of hydrogen-bond acceptors (Lipinski definition) is 7. The molecular weight excluding hydrogens is 406 g/mol. The van der Waals surface area contributed by atoms with Gasteiger partial charge >= 0.3 is 0 Å². The van der Waals surface area contributed by atoms with Gasteiger partial charge in [0.15, 0.2) is 11.5 Å². The maximum atomic E-state index is 13.5. The predicted molar refractivity (Wildman–Crippen MR) is 112 cm³/mol. The van der Waals surface area contributed by atoms with Gasteiger partial charge in [0.2, 0.25) is 11.7 Å². The maximum Gasteiger partial charge on any atom is 0.269 e. The number of methoxy groups -OCH3 is 3. The molecule has 0 radical (unpaired) electrons. The number of carbonyl (C=O) groups excluding carboxylic acids is 2. The van der Waals surface area contributed by atoms with E-state index in [-0.39, 0.29) is 23.8 Å². The van der Waals surface area contributed by atoms with Crippen molar-refractivity contribution in [3.63, 3.8) is 0 Å². The SMILES string of the molecule is COc1cc(C(=O)N(CN2CCCC2=O)c2ccc([N+](=O)[O-])cc2)cc(OC)c1OC. The second-order valence-corrected chi connectivity index (χ2v) is 6.82. The number of rotatable bonds is 8. The fourth-order valence-electron chi connectivity index (χ4n) is 3.40. The number of benzene rings is 2. The molecule has 2 aromatic rings. The smallest absolute Gasteiger partial charge is 0.269 e. The summed E-state index contributed by atoms with van der Waals surface area (Å²) >= 11 is 0. The van der Waals surface area contributed by atoms with E-state index in [0.29, 0.717) is 42.3 Å². The van der Waals surface area contributed by atoms with Crippen molar-refractivity contribution in [3.05, 3.63) is 52.1 Å². The molecule has 0 aromatic heterocycles. The molecule has 10 nitrogen and oxygen atoms in total. The van der Waals surface area contributed by atoms with Crippen molar-refractivity contribution in [2.45, 2.75) is 12.8 Å². The summed E-state index contributed by atoms with van der Waals surface area (Å²) in [6, 6.07) is 8.64. The highest BCUT2D eigenvalue weighted by molar-refractivity contribution is 6.07. The number of carbonyl (C=O) groups is 2. The van der Waals surface area contributed by atoms with Gasteiger partial charge in [0.1, 0.15) is 6.67 Å². The third-order valence-electron chi connectivity index (χ3n) is 5.01. The van der Waals surface area contributed by atoms with Gasteiger partial charge in [-0.15, -0.1) is 0 Å². The molecule has 0 saturated carbocycles. The molecule has 1 aliphatic heterocycles. The molecular formula is C21H23N3O7. The number of nitro benzene ring substituents is 1. The van der Waals surface area contributed by atoms with Crippen LogP contribution in [0.2, 0.25) is 0 Å². The van der Waals surface area contributed by atoms with Crippen LogP contribution in [0.4, 0.5) is 11.4 Å². The number of nitro groups is 1. The van der Waals surface area contributed by atoms with Crippen LogP contribution in [0.1, 0.15) is 23.2 Å². The molecule has 1 fully saturated rings. The Kier molecular flexibility index (Phi) is 6.58. The summed E-state index contributed by atoms with van der Waals surface area (Å²) in [6.07, 6.45) is 1.14. The van der Waals surface area contributed by atoms with E-state index in [1.54, 1.807) is 4.90 Å². The lowest BCUT2D eigenvalue weighted by Gasteiger charge is -2.28. The number of amides is 2. The largest absolute Gasteiger partial charge is 0.493 e. The van der Waals surface area contributed by atoms with E-state index in [9.17, 15) is 19.7 Å². The molecule has 2 aromatic carbocycles. The minimum Gasteiger partial charge on any atom is -0.493 e. The fourth-order valence-corrected chi connectivity index (χ4v) is 3.40. The molecule has 164 valence electrons. The molecule has 0 N–H and O–H groups in total. The van der Waals surface area contributed by atoms with Crippen LogP contribution >= 0.6 is 0 Å². The first-order valence-corrected chi connectivity index (χ1v) is 9.53. The number of non-ortho nitro benzene ring substituents is 1. The summed E-state index contributed by atoms with van der Waals surface area (Å²) in [5.41, 5.74) is 0.574. The quantitative estimate of drug-likeness (QED) is 0.468. The van der Waals surface area contributed by atoms with E-state index < -0.39 is 10.8 Å². The molecule has 0 spiro atoms. The number of nitrogens with zero attached hydrogens (tertiary/aromatic N) is 3. The first-order chi connectivity index (χ1) is 14.9. The summed E-state index contributed by atoms with van der Waals surface area (Å²) in [5, 5.41) is 11.0. The van der Waals surface area contributed by atoms with Crippen LogP contribution in [0, 0.1) is 10.1 Å². The molecule has 2 amide bonds. The van der Waals surface area contributed by atoms with E-state index in [1.807, 2.05) is 0 Å². The monoisotopic (exact) mass is 429 g/mol. The zero-order chi connectivity index (χ0) is 22.5. The van der Waals surface area contributed by atoms with Crippen molar-refractivity contribution in [1.29, 1.82) is 0 Å². The van der Waals surface area contributed by atoms with Crippen molar-refractivity contribution < 1.29 is 28.7 Å². The highest BCUT2D eigenvalue weighted by Gasteiger charge is 2.28. The van der Waals surface area contributed by atoms with Crippen molar-refractivity contribution in [3.8, 4) is 17.2 Å². The highest BCUT2D eigenvalue weighted by Crippen LogP contribution is 2.39. The third-order valence-corrected chi connectivity index (χ3v) is 5.01. The van der Waals surface area contributed by atoms with Gasteiger partial charge in [-0.3, -0.25) is 24.6 Å². The summed E-state index contributed by atoms with van der Waals surface area (Å²) in [4.78, 5) is 39.1. The van der Waals surface area contributed by atoms with Crippen LogP contribution in [0.15, 0.2) is 36.4 Å². The molecule has 31 heavy (non-hydrogen) atoms. The number of likely N-dealkylation sites (tertiary alicyclic amines) is 1. The first-order valence-electron chi connectivity index (χ1n) is 9.53. The van der Waals surface area contributed by atoms with Gasteiger partial charge in [-0.25, -0.2) is 0 Å². The van der Waals surface area contributed by atoms with E-state index in [1.165, 1.54) is 62.6 Å². The van der Waals surface area contributed by atoms with Gasteiger partial charge in [0, 0.05) is 36.3 Å². The van der Waals surface area contributed by atoms with Crippen LogP contribution in [-0.4, -0.2) is 56.2 Å². The molecule has 1 aliphatic rings. The molecule has 1 heterocycles. The molecule has 10 heteroatoms. The van der Waals surface area contributed by atoms with Gasteiger partial charge in [-0.05, 0) is 30.7 Å². The summed E-state index contributed by atoms with van der Waals surface area (Å²) in [7, 11) is 4.36. The summed E-state index contributed by atoms with van der Waals surface area (Å²) in [5.74, 6) is 0.493. The van der Waals surface area contributed by atoms with Crippen molar-refractivity contribution >= 4 is 23.2 Å². The lowest BCUT2D eigenvalue weighted by Crippen LogP contribution is -2.42. The Bertz CT molecular complexity index is 966. The standard InChI is InChI=1S/C21H23N3O7/c1-29-17-11-14(12-18(30-2)20(17)31-3)21(26)23(13-22-10-4-5-19(22)25)15-6-8-16(9-7-15)24(27)28/h6-9,11-12H,4-5,10,13H2,1-3H3. The maximum absolute atomic E-state index is 13.5. The second kappa shape index (κ2) is 9.33. The van der Waals surface area contributed by atoms with Gasteiger partial charge in [0.05, 0.1) is 26.3 Å². The highest BCUT2D eigenvalue weighted by atomic mass is 16.6. The molecule has 1 saturated heterocycles. The Morgan fingerprint density at radius 1 is 1.10 bits per heavy atom. The van der Waals surface area contributed by atoms with Gasteiger partial charge in [-0.1, -0.05) is 0 Å². The lowest BCUT2D eigenvalue weighted by atomic mass is 10.1. The van der Waals surface area contributed by atoms with Crippen LogP contribution in [0.5, 0.6) is 17.2 Å². The van der Waals surface area contributed by atoms with Gasteiger partial charge < -0.3 is 19.1 Å². The minimum atomic E-state index is -0.515. The summed E-state index contributed by atoms with van der Waals surface area (Å²) < 4.78 is 16.0. The predicted octanol–water partition coefficient (Wildman–Crippen LogP) is 2.85. The Hall–Kier alpha value is -3.82. The zero-order valence-corrected chi connectivity index (χ0v) is 17.5. The number of ether oxygens (including phenoxy) is 3. The molecule has 0 bridgehead atoms. The Labute approximate surface area is 179 Å². The lowest BCUT2D eigenvalue weighted by molar-refractivity contribution is -0.384. The van der Waals surface area contributed by atoms with Crippen LogP contribution in [0.25, 0.3) is 0 Å². The first kappa shape index (κ1) is 21.9. The topological polar surface area (TPSA) is 111 Å². The average Bonchev–Trinajstić information content (AvgIpc) is 3.20. The van der Waals surface area contributed by atoms with Crippen LogP contribution in [-0.2, 0) is 4.79 Å². The summed E-state index contributed by atoms with van der Waals surface area (Å²) in [6.45, 7) is 0.553. The normalized spacial score (nSPS) is 13.1. The van der Waals surface area contributed by atoms with Crippen LogP contribution in [0.3, 0.4) is 0 Å². The molecule has 3 rings (SSSR count). The fraction of sp³-hybridized carbons (Fsp3) is 0.333. The van der Waals surface area contributed by atoms with Crippen molar-refractivity contribution in [2.24, 2.45) is 0 Å². The number of anilines is 1. The minimum absolute atomic E-state index is 0.0200. The average molecular weight is 429 g/mol. The molecule has 0 aliphatic carbocycles. The Morgan fingerprint density at radius 2 is 1.71 bits per heavy atom. The second-order valence-electron chi connectivity index (χ2n) is 6.82. The van der Waals surface area contributed by atoms with E-state index in [2.05, 4.69) is 0 Å². The molecule has 0 atom stereocenters. The zero-order valence-electron chi connectivity index (χ0n) is 17.5. The van der Waals surface area contributed by atoms with Crippen molar-refractivity contribution in [1.82, 2.24) is 4.90 Å². The van der Waals surface area contributed by atoms with Crippen LogP contribution < -0.4 is 19.1 Å². The Balaban J connectivity index is 2.03. The third kappa shape index (κ3) is 4.52. The van der Waals surface area contributed by atoms with Gasteiger partial charge in [0.25, 0.3) is 11.6 Å². The van der Waals surface area contributed by atoms with Gasteiger partial charge in [-0.2, -0.15) is 0 Å². The molecule has 0 unspecified atom stereocenters. The van der Waals surface area contributed by atoms with Crippen molar-refractivity contribution in [2.75, 3.05) is 39.4 Å². The van der Waals surface area contributed by atoms with E-state index in [0.717, 1.165) is 0 Å². The van der Waals surface area contributed by atoms with E-state index >= 15 is 0 Å². The number of hydrogen-bond donors (Lipinski definition) is 0.